The number of carboxylic acid groups (broad SMARTS) is 1. The van der Waals surface area contributed by atoms with E-state index in [0.717, 1.165) is 16.8 Å². The Morgan fingerprint density at radius 3 is 2.62 bits per heavy atom. The van der Waals surface area contributed by atoms with E-state index in [1.54, 1.807) is 0 Å². The summed E-state index contributed by atoms with van der Waals surface area (Å²) in [6, 6.07) is 0.985. The van der Waals surface area contributed by atoms with Crippen LogP contribution in [0.3, 0.4) is 0 Å². The number of hydrogen-bond acceptors (Lipinski definition) is 8. The number of rotatable bonds is 6. The van der Waals surface area contributed by atoms with Crippen molar-refractivity contribution >= 4 is 5.97 Å². The smallest absolute Gasteiger partial charge is 0.330 e. The molecule has 0 unspecified atom stereocenters. The minimum absolute atomic E-state index is 0.0503. The summed E-state index contributed by atoms with van der Waals surface area (Å²) >= 11 is 0. The molecule has 4 atom stereocenters. The zero-order valence-electron chi connectivity index (χ0n) is 12.6. The second-order valence-electron chi connectivity index (χ2n) is 5.62. The zero-order valence-corrected chi connectivity index (χ0v) is 12.6. The molecule has 1 aliphatic heterocycles. The van der Waals surface area contributed by atoms with Crippen molar-refractivity contribution in [2.75, 3.05) is 6.61 Å². The number of carbonyl (C=O) groups is 1. The molecule has 2 rings (SSSR count). The predicted octanol–water partition coefficient (Wildman–Crippen LogP) is -3.16. The summed E-state index contributed by atoms with van der Waals surface area (Å²) in [6.45, 7) is -0.695. The molecule has 7 N–H and O–H groups in total. The van der Waals surface area contributed by atoms with Gasteiger partial charge in [-0.15, -0.1) is 0 Å². The molecule has 0 saturated carbocycles. The van der Waals surface area contributed by atoms with Crippen molar-refractivity contribution in [3.63, 3.8) is 0 Å². The van der Waals surface area contributed by atoms with Crippen LogP contribution < -0.4 is 17.0 Å². The van der Waals surface area contributed by atoms with Gasteiger partial charge < -0.3 is 25.2 Å². The van der Waals surface area contributed by atoms with Gasteiger partial charge in [0.2, 0.25) is 0 Å². The molecular formula is C13H19N3O8. The van der Waals surface area contributed by atoms with Gasteiger partial charge in [-0.3, -0.25) is 24.9 Å². The fraction of sp³-hybridized carbons (Fsp3) is 0.615. The van der Waals surface area contributed by atoms with Crippen LogP contribution in [0.2, 0.25) is 0 Å². The molecular weight excluding hydrogens is 326 g/mol. The van der Waals surface area contributed by atoms with Crippen LogP contribution in [0.25, 0.3) is 0 Å². The quantitative estimate of drug-likeness (QED) is 0.289. The number of aliphatic hydroxyl groups excluding tert-OH is 2. The number of aliphatic carboxylic acids is 1. The largest absolute Gasteiger partial charge is 0.481 e. The third-order valence-electron chi connectivity index (χ3n) is 4.07. The number of aliphatic hydroxyl groups is 3. The number of nitrogens with one attached hydrogen (secondary N) is 1. The molecule has 0 aliphatic carbocycles. The van der Waals surface area contributed by atoms with Crippen molar-refractivity contribution in [3.8, 4) is 0 Å². The number of nitrogens with two attached hydrogens (primary N) is 1. The topological polar surface area (TPSA) is 188 Å². The van der Waals surface area contributed by atoms with Crippen molar-refractivity contribution in [2.24, 2.45) is 5.73 Å². The molecule has 0 aromatic carbocycles. The van der Waals surface area contributed by atoms with Crippen LogP contribution in [0.1, 0.15) is 19.3 Å². The fourth-order valence-corrected chi connectivity index (χ4v) is 2.87. The van der Waals surface area contributed by atoms with Gasteiger partial charge in [0.15, 0.2) is 11.4 Å². The van der Waals surface area contributed by atoms with Crippen molar-refractivity contribution in [1.82, 2.24) is 9.55 Å². The van der Waals surface area contributed by atoms with Crippen LogP contribution in [0.15, 0.2) is 21.9 Å². The van der Waals surface area contributed by atoms with Crippen molar-refractivity contribution in [1.29, 1.82) is 0 Å². The van der Waals surface area contributed by atoms with E-state index in [9.17, 15) is 29.7 Å². The maximum absolute atomic E-state index is 12.1. The molecule has 1 aromatic heterocycles. The van der Waals surface area contributed by atoms with Gasteiger partial charge in [0, 0.05) is 25.1 Å². The molecule has 1 aliphatic rings. The third kappa shape index (κ3) is 2.87. The van der Waals surface area contributed by atoms with E-state index in [1.807, 2.05) is 4.98 Å². The van der Waals surface area contributed by atoms with Gasteiger partial charge in [0.1, 0.15) is 12.2 Å². The Bertz CT molecular complexity index is 726. The number of aromatic nitrogens is 2. The lowest BCUT2D eigenvalue weighted by Gasteiger charge is -2.40. The zero-order chi connectivity index (χ0) is 18.1. The normalized spacial score (nSPS) is 32.8. The van der Waals surface area contributed by atoms with Crippen LogP contribution in [-0.2, 0) is 15.3 Å². The van der Waals surface area contributed by atoms with Crippen LogP contribution in [0, 0.1) is 0 Å². The van der Waals surface area contributed by atoms with E-state index >= 15 is 0 Å². The lowest BCUT2D eigenvalue weighted by molar-refractivity contribution is -0.201. The average molecular weight is 345 g/mol. The van der Waals surface area contributed by atoms with Crippen LogP contribution in [0.4, 0.5) is 0 Å². The highest BCUT2D eigenvalue weighted by atomic mass is 16.6. The summed E-state index contributed by atoms with van der Waals surface area (Å²) in [5.41, 5.74) is -0.444. The molecule has 134 valence electrons. The Hall–Kier alpha value is -2.05. The first-order valence-electron chi connectivity index (χ1n) is 7.18. The Morgan fingerprint density at radius 1 is 1.46 bits per heavy atom. The summed E-state index contributed by atoms with van der Waals surface area (Å²) in [7, 11) is 0. The molecule has 0 amide bonds. The van der Waals surface area contributed by atoms with E-state index in [1.165, 1.54) is 0 Å². The van der Waals surface area contributed by atoms with E-state index < -0.39 is 47.5 Å². The average Bonchev–Trinajstić information content (AvgIpc) is 2.68. The highest BCUT2D eigenvalue weighted by Crippen LogP contribution is 2.43. The van der Waals surface area contributed by atoms with Gasteiger partial charge >= 0.3 is 11.7 Å². The number of H-pyrrole nitrogens is 1. The fourth-order valence-electron chi connectivity index (χ4n) is 2.87. The Labute approximate surface area is 134 Å². The lowest BCUT2D eigenvalue weighted by Crippen LogP contribution is -2.66. The van der Waals surface area contributed by atoms with Crippen molar-refractivity contribution < 1.29 is 30.0 Å². The second-order valence-corrected chi connectivity index (χ2v) is 5.62. The lowest BCUT2D eigenvalue weighted by atomic mass is 9.90. The Morgan fingerprint density at radius 2 is 2.12 bits per heavy atom. The highest BCUT2D eigenvalue weighted by molar-refractivity contribution is 5.66. The molecule has 11 heteroatoms. The van der Waals surface area contributed by atoms with E-state index in [2.05, 4.69) is 0 Å². The Balaban J connectivity index is 2.55. The van der Waals surface area contributed by atoms with E-state index in [4.69, 9.17) is 15.6 Å². The van der Waals surface area contributed by atoms with E-state index in [-0.39, 0.29) is 19.3 Å². The monoisotopic (exact) mass is 345 g/mol. The van der Waals surface area contributed by atoms with Crippen molar-refractivity contribution in [2.45, 2.75) is 42.9 Å². The van der Waals surface area contributed by atoms with Crippen LogP contribution >= 0.6 is 0 Å². The molecule has 1 aromatic rings. The first kappa shape index (κ1) is 18.3. The molecule has 1 fully saturated rings. The third-order valence-corrected chi connectivity index (χ3v) is 4.07. The summed E-state index contributed by atoms with van der Waals surface area (Å²) in [6.07, 6.45) is -2.64. The standard InChI is InChI=1S/C13H19N3O8/c14-13(23)10(21)7(6-17)24-12(13,4-1-2-9(19)20)16-5-3-8(18)15-11(16)22/h3,5,7,10,17,21,23H,1-2,4,6,14H2,(H,19,20)(H,15,18,22)/t7-,10-,12-,13-/m1/s1. The summed E-state index contributed by atoms with van der Waals surface area (Å²) < 4.78 is 6.27. The molecule has 0 spiro atoms. The molecule has 11 nitrogen and oxygen atoms in total. The minimum atomic E-state index is -2.51. The van der Waals surface area contributed by atoms with Gasteiger partial charge in [0.05, 0.1) is 6.61 Å². The van der Waals surface area contributed by atoms with Gasteiger partial charge in [-0.25, -0.2) is 4.79 Å². The van der Waals surface area contributed by atoms with Gasteiger partial charge in [0.25, 0.3) is 5.56 Å². The summed E-state index contributed by atoms with van der Waals surface area (Å²) in [5, 5.41) is 38.7. The second kappa shape index (κ2) is 6.45. The number of aromatic amines is 1. The molecule has 24 heavy (non-hydrogen) atoms. The Kier molecular flexibility index (Phi) is 4.92. The SMILES string of the molecule is N[C@@]1(O)[C@H](O)[C@@H](CO)O[C@@]1(CCCC(=O)O)n1ccc(=O)[nH]c1=O. The minimum Gasteiger partial charge on any atom is -0.481 e. The highest BCUT2D eigenvalue weighted by Gasteiger charge is 2.64. The first-order valence-corrected chi connectivity index (χ1v) is 7.18. The predicted molar refractivity (Wildman–Crippen MR) is 77.9 cm³/mol. The summed E-state index contributed by atoms with van der Waals surface area (Å²) in [4.78, 5) is 36.1. The molecule has 0 bridgehead atoms. The number of ether oxygens (including phenoxy) is 1. The van der Waals surface area contributed by atoms with Gasteiger partial charge in [-0.2, -0.15) is 0 Å². The summed E-state index contributed by atoms with van der Waals surface area (Å²) in [5.74, 6) is -1.11. The number of nitrogens with zero attached hydrogens (tertiary/aromatic N) is 1. The molecule has 0 radical (unpaired) electrons. The maximum Gasteiger partial charge on any atom is 0.330 e. The number of hydrogen-bond donors (Lipinski definition) is 6. The molecule has 1 saturated heterocycles. The molecule has 2 heterocycles. The van der Waals surface area contributed by atoms with Gasteiger partial charge in [-0.05, 0) is 6.42 Å². The van der Waals surface area contributed by atoms with Crippen LogP contribution in [0.5, 0.6) is 0 Å². The van der Waals surface area contributed by atoms with E-state index in [0.29, 0.717) is 0 Å². The number of carboxylic acids is 1. The van der Waals surface area contributed by atoms with Gasteiger partial charge in [-0.1, -0.05) is 0 Å². The maximum atomic E-state index is 12.1. The van der Waals surface area contributed by atoms with Crippen molar-refractivity contribution in [3.05, 3.63) is 33.1 Å². The van der Waals surface area contributed by atoms with Crippen LogP contribution in [-0.4, -0.2) is 60.5 Å². The first-order chi connectivity index (χ1) is 11.2.